The van der Waals surface area contributed by atoms with Crippen molar-refractivity contribution in [3.63, 3.8) is 0 Å². The minimum atomic E-state index is -4.80. The van der Waals surface area contributed by atoms with Gasteiger partial charge in [0.15, 0.2) is 0 Å². The van der Waals surface area contributed by atoms with Crippen LogP contribution >= 0.6 is 0 Å². The molecule has 0 aliphatic heterocycles. The topological polar surface area (TPSA) is 59.9 Å². The van der Waals surface area contributed by atoms with Gasteiger partial charge in [0.25, 0.3) is 0 Å². The van der Waals surface area contributed by atoms with Crippen LogP contribution in [-0.4, -0.2) is 32.3 Å². The molecule has 19 heavy (non-hydrogen) atoms. The van der Waals surface area contributed by atoms with Gasteiger partial charge in [-0.1, -0.05) is 0 Å². The number of alkyl halides is 3. The van der Waals surface area contributed by atoms with E-state index in [1.807, 2.05) is 0 Å². The molecule has 1 aromatic carbocycles. The first-order chi connectivity index (χ1) is 8.86. The number of aliphatic imine (C=N–C) groups is 1. The zero-order valence-electron chi connectivity index (χ0n) is 10.1. The molecular formula is C11H11F3N2O3. The third-order valence-corrected chi connectivity index (χ3v) is 1.99. The van der Waals surface area contributed by atoms with Crippen molar-refractivity contribution >= 4 is 17.6 Å². The summed E-state index contributed by atoms with van der Waals surface area (Å²) < 4.78 is 46.8. The Kier molecular flexibility index (Phi) is 4.74. The zero-order chi connectivity index (χ0) is 14.5. The summed E-state index contributed by atoms with van der Waals surface area (Å²) >= 11 is 0. The molecule has 0 saturated heterocycles. The molecule has 8 heteroatoms. The first-order valence-corrected chi connectivity index (χ1v) is 5.01. The number of ether oxygens (including phenoxy) is 2. The summed E-state index contributed by atoms with van der Waals surface area (Å²) in [5, 5.41) is 1.52. The van der Waals surface area contributed by atoms with E-state index in [1.54, 1.807) is 0 Å². The maximum atomic E-state index is 12.6. The molecule has 0 aliphatic rings. The number of nitrogens with one attached hydrogen (secondary N) is 1. The summed E-state index contributed by atoms with van der Waals surface area (Å²) in [5.74, 6) is -0.974. The summed E-state index contributed by atoms with van der Waals surface area (Å²) in [6.07, 6.45) is -6.04. The molecule has 0 saturated carbocycles. The molecule has 0 aliphatic carbocycles. The standard InChI is InChI=1S/C11H11F3N2O3/c1-18-8-5-3-7(4-6-8)15-9(11(12,13)14)16-10(17)19-2/h3-6H,1-2H3,(H,15,16,17). The van der Waals surface area contributed by atoms with Crippen molar-refractivity contribution < 1.29 is 27.4 Å². The molecule has 0 bridgehead atoms. The van der Waals surface area contributed by atoms with Crippen molar-refractivity contribution in [2.75, 3.05) is 14.2 Å². The Morgan fingerprint density at radius 2 is 1.79 bits per heavy atom. The molecule has 1 aromatic rings. The van der Waals surface area contributed by atoms with E-state index in [4.69, 9.17) is 4.74 Å². The fraction of sp³-hybridized carbons (Fsp3) is 0.273. The van der Waals surface area contributed by atoms with Gasteiger partial charge < -0.3 is 9.47 Å². The monoisotopic (exact) mass is 276 g/mol. The van der Waals surface area contributed by atoms with Gasteiger partial charge in [-0.15, -0.1) is 0 Å². The number of halogens is 3. The molecule has 0 heterocycles. The number of hydrogen-bond donors (Lipinski definition) is 1. The highest BCUT2D eigenvalue weighted by Crippen LogP contribution is 2.22. The van der Waals surface area contributed by atoms with Gasteiger partial charge in [0, 0.05) is 0 Å². The highest BCUT2D eigenvalue weighted by molar-refractivity contribution is 5.99. The van der Waals surface area contributed by atoms with Crippen molar-refractivity contribution in [1.82, 2.24) is 5.32 Å². The number of methoxy groups -OCH3 is 2. The SMILES string of the molecule is COC(=O)NC(=Nc1ccc(OC)cc1)C(F)(F)F. The Labute approximate surface area is 107 Å². The third-order valence-electron chi connectivity index (χ3n) is 1.99. The zero-order valence-corrected chi connectivity index (χ0v) is 10.1. The Morgan fingerprint density at radius 1 is 1.21 bits per heavy atom. The lowest BCUT2D eigenvalue weighted by Gasteiger charge is -2.11. The second-order valence-corrected chi connectivity index (χ2v) is 3.27. The predicted octanol–water partition coefficient (Wildman–Crippen LogP) is 2.64. The van der Waals surface area contributed by atoms with E-state index in [9.17, 15) is 18.0 Å². The molecule has 1 N–H and O–H groups in total. The normalized spacial score (nSPS) is 11.9. The Hall–Kier alpha value is -2.25. The number of amides is 1. The van der Waals surface area contributed by atoms with E-state index in [0.29, 0.717) is 5.75 Å². The van der Waals surface area contributed by atoms with Crippen LogP contribution in [0.2, 0.25) is 0 Å². The largest absolute Gasteiger partial charge is 0.497 e. The first-order valence-electron chi connectivity index (χ1n) is 5.01. The molecular weight excluding hydrogens is 265 g/mol. The highest BCUT2D eigenvalue weighted by Gasteiger charge is 2.37. The second-order valence-electron chi connectivity index (χ2n) is 3.27. The predicted molar refractivity (Wildman–Crippen MR) is 61.7 cm³/mol. The maximum absolute atomic E-state index is 12.6. The van der Waals surface area contributed by atoms with Crippen molar-refractivity contribution in [2.24, 2.45) is 4.99 Å². The van der Waals surface area contributed by atoms with Gasteiger partial charge in [-0.3, -0.25) is 5.32 Å². The van der Waals surface area contributed by atoms with Crippen molar-refractivity contribution in [3.05, 3.63) is 24.3 Å². The number of nitrogens with zero attached hydrogens (tertiary/aromatic N) is 1. The lowest BCUT2D eigenvalue weighted by molar-refractivity contribution is -0.0615. The lowest BCUT2D eigenvalue weighted by Crippen LogP contribution is -2.40. The van der Waals surface area contributed by atoms with Gasteiger partial charge in [0.1, 0.15) is 5.75 Å². The average molecular weight is 276 g/mol. The van der Waals surface area contributed by atoms with Gasteiger partial charge in [-0.2, -0.15) is 13.2 Å². The van der Waals surface area contributed by atoms with Gasteiger partial charge in [0.05, 0.1) is 19.9 Å². The van der Waals surface area contributed by atoms with Crippen LogP contribution in [0.15, 0.2) is 29.3 Å². The Balaban J connectivity index is 3.01. The van der Waals surface area contributed by atoms with E-state index in [1.165, 1.54) is 36.7 Å². The van der Waals surface area contributed by atoms with Crippen LogP contribution in [0, 0.1) is 0 Å². The Bertz CT molecular complexity index is 469. The smallest absolute Gasteiger partial charge is 0.449 e. The van der Waals surface area contributed by atoms with Crippen LogP contribution in [0.3, 0.4) is 0 Å². The van der Waals surface area contributed by atoms with E-state index >= 15 is 0 Å². The average Bonchev–Trinajstić information content (AvgIpc) is 2.37. The summed E-state index contributed by atoms with van der Waals surface area (Å²) in [4.78, 5) is 14.1. The minimum absolute atomic E-state index is 0.0181. The van der Waals surface area contributed by atoms with Crippen molar-refractivity contribution in [1.29, 1.82) is 0 Å². The number of carbonyl (C=O) groups is 1. The van der Waals surface area contributed by atoms with E-state index in [0.717, 1.165) is 7.11 Å². The molecule has 104 valence electrons. The molecule has 5 nitrogen and oxygen atoms in total. The molecule has 1 rings (SSSR count). The quantitative estimate of drug-likeness (QED) is 0.667. The molecule has 1 amide bonds. The number of hydrogen-bond acceptors (Lipinski definition) is 4. The van der Waals surface area contributed by atoms with E-state index in [-0.39, 0.29) is 5.69 Å². The van der Waals surface area contributed by atoms with Gasteiger partial charge in [-0.25, -0.2) is 9.79 Å². The molecule has 0 spiro atoms. The Morgan fingerprint density at radius 3 is 2.21 bits per heavy atom. The van der Waals surface area contributed by atoms with E-state index in [2.05, 4.69) is 9.73 Å². The highest BCUT2D eigenvalue weighted by atomic mass is 19.4. The number of amidine groups is 1. The van der Waals surface area contributed by atoms with Crippen LogP contribution in [0.4, 0.5) is 23.7 Å². The molecule has 0 radical (unpaired) electrons. The number of rotatable bonds is 2. The second kappa shape index (κ2) is 6.07. The first kappa shape index (κ1) is 14.8. The lowest BCUT2D eigenvalue weighted by atomic mass is 10.3. The molecule has 0 aromatic heterocycles. The fourth-order valence-electron chi connectivity index (χ4n) is 1.10. The molecule has 0 unspecified atom stereocenters. The molecule has 0 atom stereocenters. The number of alkyl carbamates (subject to hydrolysis) is 1. The van der Waals surface area contributed by atoms with Gasteiger partial charge >= 0.3 is 12.3 Å². The summed E-state index contributed by atoms with van der Waals surface area (Å²) in [6.45, 7) is 0. The van der Waals surface area contributed by atoms with Crippen LogP contribution in [0.1, 0.15) is 0 Å². The summed E-state index contributed by atoms with van der Waals surface area (Å²) in [7, 11) is 2.38. The van der Waals surface area contributed by atoms with Crippen LogP contribution in [0.25, 0.3) is 0 Å². The van der Waals surface area contributed by atoms with Gasteiger partial charge in [-0.05, 0) is 24.3 Å². The maximum Gasteiger partial charge on any atom is 0.449 e. The third kappa shape index (κ3) is 4.49. The van der Waals surface area contributed by atoms with Crippen molar-refractivity contribution in [2.45, 2.75) is 6.18 Å². The fourth-order valence-corrected chi connectivity index (χ4v) is 1.10. The van der Waals surface area contributed by atoms with Crippen LogP contribution in [0.5, 0.6) is 5.75 Å². The summed E-state index contributed by atoms with van der Waals surface area (Å²) in [5.41, 5.74) is 0.0181. The number of carbonyl (C=O) groups excluding carboxylic acids is 1. The van der Waals surface area contributed by atoms with Crippen molar-refractivity contribution in [3.8, 4) is 5.75 Å². The van der Waals surface area contributed by atoms with Gasteiger partial charge in [0.2, 0.25) is 5.84 Å². The van der Waals surface area contributed by atoms with Crippen LogP contribution < -0.4 is 10.1 Å². The number of benzene rings is 1. The minimum Gasteiger partial charge on any atom is -0.497 e. The van der Waals surface area contributed by atoms with E-state index < -0.39 is 18.1 Å². The molecule has 0 fully saturated rings. The summed E-state index contributed by atoms with van der Waals surface area (Å²) in [6, 6.07) is 5.54. The van der Waals surface area contributed by atoms with Crippen LogP contribution in [-0.2, 0) is 4.74 Å².